The van der Waals surface area contributed by atoms with Crippen LogP contribution in [0, 0.1) is 6.92 Å². The van der Waals surface area contributed by atoms with Gasteiger partial charge in [0.05, 0.1) is 31.1 Å². The Balaban J connectivity index is 1.62. The molecule has 0 saturated carbocycles. The van der Waals surface area contributed by atoms with Crippen LogP contribution >= 0.6 is 11.6 Å². The number of methoxy groups -OCH3 is 1. The molecule has 0 radical (unpaired) electrons. The number of amides is 1. The molecule has 138 valence electrons. The van der Waals surface area contributed by atoms with Gasteiger partial charge < -0.3 is 10.1 Å². The van der Waals surface area contributed by atoms with E-state index < -0.39 is 0 Å². The predicted molar refractivity (Wildman–Crippen MR) is 109 cm³/mol. The minimum Gasteiger partial charge on any atom is -0.495 e. The van der Waals surface area contributed by atoms with E-state index in [0.717, 1.165) is 22.2 Å². The van der Waals surface area contributed by atoms with Crippen LogP contribution in [-0.4, -0.2) is 30.8 Å². The summed E-state index contributed by atoms with van der Waals surface area (Å²) >= 11 is 6.22. The van der Waals surface area contributed by atoms with E-state index in [9.17, 15) is 4.79 Å². The predicted octanol–water partition coefficient (Wildman–Crippen LogP) is 3.77. The first-order valence-corrected chi connectivity index (χ1v) is 8.71. The maximum Gasteiger partial charge on any atom is 0.259 e. The lowest BCUT2D eigenvalue weighted by Gasteiger charge is -2.09. The van der Waals surface area contributed by atoms with Crippen molar-refractivity contribution in [3.63, 3.8) is 0 Å². The maximum atomic E-state index is 12.0. The van der Waals surface area contributed by atoms with Gasteiger partial charge in [-0.1, -0.05) is 41.9 Å². The van der Waals surface area contributed by atoms with Gasteiger partial charge in [-0.2, -0.15) is 5.10 Å². The second kappa shape index (κ2) is 8.51. The Bertz CT molecular complexity index is 1000. The fraction of sp³-hybridized carbons (Fsp3) is 0.150. The van der Waals surface area contributed by atoms with E-state index >= 15 is 0 Å². The molecule has 0 saturated heterocycles. The van der Waals surface area contributed by atoms with Crippen molar-refractivity contribution in [2.75, 3.05) is 19.0 Å². The molecular weight excluding hydrogens is 364 g/mol. The Morgan fingerprint density at radius 1 is 1.26 bits per heavy atom. The molecule has 0 bridgehead atoms. The highest BCUT2D eigenvalue weighted by molar-refractivity contribution is 6.32. The molecule has 3 rings (SSSR count). The van der Waals surface area contributed by atoms with Crippen LogP contribution in [0.2, 0.25) is 5.15 Å². The van der Waals surface area contributed by atoms with Crippen LogP contribution in [0.5, 0.6) is 5.75 Å². The van der Waals surface area contributed by atoms with Gasteiger partial charge in [0.2, 0.25) is 0 Å². The zero-order valence-corrected chi connectivity index (χ0v) is 15.7. The number of para-hydroxylation sites is 3. The normalized spacial score (nSPS) is 10.9. The number of nitrogens with one attached hydrogen (secondary N) is 2. The fourth-order valence-corrected chi connectivity index (χ4v) is 2.80. The van der Waals surface area contributed by atoms with E-state index in [2.05, 4.69) is 20.8 Å². The van der Waals surface area contributed by atoms with Crippen molar-refractivity contribution in [2.45, 2.75) is 6.92 Å². The van der Waals surface area contributed by atoms with Crippen molar-refractivity contribution in [1.29, 1.82) is 0 Å². The zero-order chi connectivity index (χ0) is 19.2. The standard InChI is InChI=1S/C20H19ClN4O2/c1-13-6-5-7-14-10-15(20(21)24-19(13)14)11-23-25-18(26)12-22-16-8-3-4-9-17(16)27-2/h3-11,22H,12H2,1-2H3,(H,25,26)/b23-11-. The maximum absolute atomic E-state index is 12.0. The molecule has 27 heavy (non-hydrogen) atoms. The molecule has 1 heterocycles. The van der Waals surface area contributed by atoms with Crippen LogP contribution in [0.3, 0.4) is 0 Å². The average molecular weight is 383 g/mol. The summed E-state index contributed by atoms with van der Waals surface area (Å²) in [5, 5.41) is 8.27. The van der Waals surface area contributed by atoms with E-state index in [-0.39, 0.29) is 12.5 Å². The van der Waals surface area contributed by atoms with Crippen molar-refractivity contribution in [1.82, 2.24) is 10.4 Å². The lowest BCUT2D eigenvalue weighted by atomic mass is 10.1. The van der Waals surface area contributed by atoms with Crippen molar-refractivity contribution in [3.05, 3.63) is 64.8 Å². The number of halogens is 1. The smallest absolute Gasteiger partial charge is 0.259 e. The molecule has 0 spiro atoms. The monoisotopic (exact) mass is 382 g/mol. The molecule has 0 fully saturated rings. The lowest BCUT2D eigenvalue weighted by molar-refractivity contribution is -0.119. The number of ether oxygens (including phenoxy) is 1. The number of pyridine rings is 1. The molecule has 1 aromatic heterocycles. The van der Waals surface area contributed by atoms with Crippen LogP contribution in [-0.2, 0) is 4.79 Å². The lowest BCUT2D eigenvalue weighted by Crippen LogP contribution is -2.26. The Labute approximate surface area is 162 Å². The minimum atomic E-state index is -0.294. The van der Waals surface area contributed by atoms with E-state index in [4.69, 9.17) is 16.3 Å². The molecule has 7 heteroatoms. The molecule has 0 aliphatic rings. The molecule has 6 nitrogen and oxygen atoms in total. The summed E-state index contributed by atoms with van der Waals surface area (Å²) in [7, 11) is 1.58. The van der Waals surface area contributed by atoms with E-state index in [1.54, 1.807) is 7.11 Å². The molecule has 3 aromatic rings. The molecule has 0 aliphatic heterocycles. The molecule has 1 amide bonds. The first-order chi connectivity index (χ1) is 13.1. The number of benzene rings is 2. The van der Waals surface area contributed by atoms with Crippen LogP contribution in [0.1, 0.15) is 11.1 Å². The fourth-order valence-electron chi connectivity index (χ4n) is 2.61. The Morgan fingerprint density at radius 2 is 2.07 bits per heavy atom. The van der Waals surface area contributed by atoms with E-state index in [1.165, 1.54) is 6.21 Å². The highest BCUT2D eigenvalue weighted by Gasteiger charge is 2.06. The summed E-state index contributed by atoms with van der Waals surface area (Å²) < 4.78 is 5.23. The van der Waals surface area contributed by atoms with Crippen molar-refractivity contribution in [2.24, 2.45) is 5.10 Å². The summed E-state index contributed by atoms with van der Waals surface area (Å²) in [6.07, 6.45) is 1.48. The van der Waals surface area contributed by atoms with Gasteiger partial charge in [-0.25, -0.2) is 10.4 Å². The summed E-state index contributed by atoms with van der Waals surface area (Å²) in [6.45, 7) is 2.04. The van der Waals surface area contributed by atoms with Crippen molar-refractivity contribution in [3.8, 4) is 5.75 Å². The molecule has 0 aliphatic carbocycles. The van der Waals surface area contributed by atoms with Crippen LogP contribution in [0.25, 0.3) is 10.9 Å². The van der Waals surface area contributed by atoms with Gasteiger partial charge in [-0.3, -0.25) is 4.79 Å². The summed E-state index contributed by atoms with van der Waals surface area (Å²) in [5.74, 6) is 0.371. The Kier molecular flexibility index (Phi) is 5.88. The molecule has 2 N–H and O–H groups in total. The summed E-state index contributed by atoms with van der Waals surface area (Å²) in [5.41, 5.74) is 5.73. The third-order valence-electron chi connectivity index (χ3n) is 3.97. The van der Waals surface area contributed by atoms with Crippen molar-refractivity contribution < 1.29 is 9.53 Å². The number of aromatic nitrogens is 1. The highest BCUT2D eigenvalue weighted by Crippen LogP contribution is 2.23. The molecular formula is C20H19ClN4O2. The number of hydrogen-bond donors (Lipinski definition) is 2. The number of hydrazone groups is 1. The number of hydrogen-bond acceptors (Lipinski definition) is 5. The quantitative estimate of drug-likeness (QED) is 0.386. The summed E-state index contributed by atoms with van der Waals surface area (Å²) in [4.78, 5) is 16.4. The third-order valence-corrected chi connectivity index (χ3v) is 4.27. The number of fused-ring (bicyclic) bond motifs is 1. The largest absolute Gasteiger partial charge is 0.495 e. The number of nitrogens with zero attached hydrogens (tertiary/aromatic N) is 2. The van der Waals surface area contributed by atoms with Gasteiger partial charge in [0.15, 0.2) is 0 Å². The molecule has 2 aromatic carbocycles. The van der Waals surface area contributed by atoms with Gasteiger partial charge in [0.1, 0.15) is 10.9 Å². The number of anilines is 1. The Hall–Kier alpha value is -3.12. The molecule has 0 unspecified atom stereocenters. The number of carbonyl (C=O) groups excluding carboxylic acids is 1. The van der Waals surface area contributed by atoms with Gasteiger partial charge in [0.25, 0.3) is 5.91 Å². The second-order valence-electron chi connectivity index (χ2n) is 5.86. The van der Waals surface area contributed by atoms with Gasteiger partial charge in [-0.05, 0) is 30.7 Å². The van der Waals surface area contributed by atoms with Crippen LogP contribution in [0.15, 0.2) is 53.6 Å². The van der Waals surface area contributed by atoms with Gasteiger partial charge >= 0.3 is 0 Å². The van der Waals surface area contributed by atoms with Crippen LogP contribution < -0.4 is 15.5 Å². The van der Waals surface area contributed by atoms with E-state index in [1.807, 2.05) is 55.5 Å². The number of carbonyl (C=O) groups is 1. The SMILES string of the molecule is COc1ccccc1NCC(=O)N/N=C\c1cc2cccc(C)c2nc1Cl. The number of aryl methyl sites for hydroxylation is 1. The number of rotatable bonds is 6. The second-order valence-corrected chi connectivity index (χ2v) is 6.22. The Morgan fingerprint density at radius 3 is 2.89 bits per heavy atom. The summed E-state index contributed by atoms with van der Waals surface area (Å²) in [6, 6.07) is 15.1. The van der Waals surface area contributed by atoms with Gasteiger partial charge in [0, 0.05) is 10.9 Å². The minimum absolute atomic E-state index is 0.0562. The zero-order valence-electron chi connectivity index (χ0n) is 15.0. The third kappa shape index (κ3) is 4.54. The molecule has 0 atom stereocenters. The highest BCUT2D eigenvalue weighted by atomic mass is 35.5. The van der Waals surface area contributed by atoms with E-state index in [0.29, 0.717) is 16.5 Å². The first kappa shape index (κ1) is 18.7. The van der Waals surface area contributed by atoms with Crippen LogP contribution in [0.4, 0.5) is 5.69 Å². The average Bonchev–Trinajstić information content (AvgIpc) is 2.68. The van der Waals surface area contributed by atoms with Crippen molar-refractivity contribution >= 4 is 40.3 Å². The topological polar surface area (TPSA) is 75.6 Å². The first-order valence-electron chi connectivity index (χ1n) is 8.33. The van der Waals surface area contributed by atoms with Gasteiger partial charge in [-0.15, -0.1) is 0 Å².